The molecule has 0 saturated heterocycles. The largest absolute Gasteiger partial charge is 0.481 e. The number of nitrogens with zero attached hydrogens (tertiary/aromatic N) is 2. The van der Waals surface area contributed by atoms with E-state index in [9.17, 15) is 9.59 Å². The van der Waals surface area contributed by atoms with Crippen molar-refractivity contribution in [1.29, 1.82) is 0 Å². The Hall–Kier alpha value is -1.15. The normalized spacial score (nSPS) is 10.4. The predicted molar refractivity (Wildman–Crippen MR) is 78.3 cm³/mol. The van der Waals surface area contributed by atoms with Gasteiger partial charge in [0.2, 0.25) is 5.91 Å². The molecule has 19 heavy (non-hydrogen) atoms. The van der Waals surface area contributed by atoms with Crippen LogP contribution >= 0.6 is 21.6 Å². The van der Waals surface area contributed by atoms with E-state index in [4.69, 9.17) is 5.11 Å². The number of nitrogens with one attached hydrogen (secondary N) is 1. The molecule has 1 heterocycles. The lowest BCUT2D eigenvalue weighted by molar-refractivity contribution is -0.136. The van der Waals surface area contributed by atoms with Gasteiger partial charge in [-0.2, -0.15) is 5.10 Å². The number of hydrogen-bond acceptors (Lipinski definition) is 5. The third-order valence-electron chi connectivity index (χ3n) is 2.18. The predicted octanol–water partition coefficient (Wildman–Crippen LogP) is 2.09. The molecule has 106 valence electrons. The van der Waals surface area contributed by atoms with Crippen LogP contribution in [0.3, 0.4) is 0 Å². The van der Waals surface area contributed by atoms with E-state index in [0.29, 0.717) is 30.3 Å². The first-order valence-electron chi connectivity index (χ1n) is 5.91. The highest BCUT2D eigenvalue weighted by molar-refractivity contribution is 8.76. The Morgan fingerprint density at radius 1 is 1.37 bits per heavy atom. The Morgan fingerprint density at radius 3 is 2.68 bits per heavy atom. The molecule has 0 aliphatic heterocycles. The average Bonchev–Trinajstić information content (AvgIpc) is 2.80. The third-order valence-corrected chi connectivity index (χ3v) is 4.59. The molecule has 0 atom stereocenters. The van der Waals surface area contributed by atoms with Crippen molar-refractivity contribution >= 4 is 39.3 Å². The molecular formula is C11H17N3O3S2. The first-order chi connectivity index (χ1) is 9.13. The van der Waals surface area contributed by atoms with Crippen molar-refractivity contribution in [1.82, 2.24) is 9.78 Å². The summed E-state index contributed by atoms with van der Waals surface area (Å²) in [6.45, 7) is 2.67. The maximum Gasteiger partial charge on any atom is 0.304 e. The van der Waals surface area contributed by atoms with Crippen molar-refractivity contribution in [2.75, 3.05) is 16.8 Å². The number of amides is 1. The van der Waals surface area contributed by atoms with E-state index >= 15 is 0 Å². The Morgan fingerprint density at radius 2 is 2.05 bits per heavy atom. The van der Waals surface area contributed by atoms with Crippen molar-refractivity contribution in [2.24, 2.45) is 0 Å². The van der Waals surface area contributed by atoms with Gasteiger partial charge in [0.25, 0.3) is 0 Å². The molecule has 1 aromatic heterocycles. The van der Waals surface area contributed by atoms with Crippen molar-refractivity contribution in [3.8, 4) is 0 Å². The summed E-state index contributed by atoms with van der Waals surface area (Å²) in [5.41, 5.74) is 0. The van der Waals surface area contributed by atoms with E-state index in [1.54, 1.807) is 16.9 Å². The third kappa shape index (κ3) is 6.53. The van der Waals surface area contributed by atoms with Crippen LogP contribution in [0.25, 0.3) is 0 Å². The first kappa shape index (κ1) is 15.9. The van der Waals surface area contributed by atoms with Crippen molar-refractivity contribution < 1.29 is 14.7 Å². The highest BCUT2D eigenvalue weighted by atomic mass is 33.1. The summed E-state index contributed by atoms with van der Waals surface area (Å²) in [6, 6.07) is 1.76. The van der Waals surface area contributed by atoms with Crippen molar-refractivity contribution in [3.05, 3.63) is 12.3 Å². The topological polar surface area (TPSA) is 84.2 Å². The van der Waals surface area contributed by atoms with E-state index in [2.05, 4.69) is 10.4 Å². The molecular weight excluding hydrogens is 286 g/mol. The Balaban J connectivity index is 2.13. The smallest absolute Gasteiger partial charge is 0.304 e. The van der Waals surface area contributed by atoms with Crippen LogP contribution in [0.4, 0.5) is 5.82 Å². The maximum absolute atomic E-state index is 11.7. The zero-order valence-electron chi connectivity index (χ0n) is 10.7. The van der Waals surface area contributed by atoms with Crippen molar-refractivity contribution in [3.63, 3.8) is 0 Å². The maximum atomic E-state index is 11.7. The summed E-state index contributed by atoms with van der Waals surface area (Å²) in [5.74, 6) is 1.08. The fourth-order valence-electron chi connectivity index (χ4n) is 1.28. The second-order valence-electron chi connectivity index (χ2n) is 3.62. The Kier molecular flexibility index (Phi) is 7.42. The molecule has 2 N–H and O–H groups in total. The van der Waals surface area contributed by atoms with E-state index in [1.165, 1.54) is 21.6 Å². The van der Waals surface area contributed by atoms with Crippen LogP contribution in [-0.2, 0) is 16.1 Å². The van der Waals surface area contributed by atoms with Gasteiger partial charge in [0, 0.05) is 30.5 Å². The van der Waals surface area contributed by atoms with E-state index in [0.717, 1.165) is 0 Å². The number of aliphatic carboxylic acids is 1. The van der Waals surface area contributed by atoms with Gasteiger partial charge in [-0.25, -0.2) is 4.68 Å². The fourth-order valence-corrected chi connectivity index (χ4v) is 3.25. The lowest BCUT2D eigenvalue weighted by Gasteiger charge is -2.06. The van der Waals surface area contributed by atoms with Gasteiger partial charge in [-0.3, -0.25) is 9.59 Å². The summed E-state index contributed by atoms with van der Waals surface area (Å²) in [4.78, 5) is 21.9. The molecule has 0 spiro atoms. The molecule has 1 aromatic rings. The van der Waals surface area contributed by atoms with Crippen LogP contribution in [0.5, 0.6) is 0 Å². The minimum Gasteiger partial charge on any atom is -0.481 e. The van der Waals surface area contributed by atoms with Gasteiger partial charge in [-0.15, -0.1) is 0 Å². The number of anilines is 1. The van der Waals surface area contributed by atoms with Gasteiger partial charge in [0.1, 0.15) is 5.82 Å². The van der Waals surface area contributed by atoms with Crippen LogP contribution < -0.4 is 5.32 Å². The molecule has 6 nitrogen and oxygen atoms in total. The number of hydrogen-bond donors (Lipinski definition) is 2. The standard InChI is InChI=1S/C11H17N3O3S2/c1-2-14-9(3-6-12-14)13-10(15)4-7-18-19-8-5-11(16)17/h3,6H,2,4-5,7-8H2,1H3,(H,13,15)(H,16,17). The van der Waals surface area contributed by atoms with Crippen LogP contribution in [0.15, 0.2) is 12.3 Å². The van der Waals surface area contributed by atoms with Gasteiger partial charge in [0.15, 0.2) is 0 Å². The number of aromatic nitrogens is 2. The highest BCUT2D eigenvalue weighted by Gasteiger charge is 2.06. The summed E-state index contributed by atoms with van der Waals surface area (Å²) >= 11 is 0. The SMILES string of the molecule is CCn1nccc1NC(=O)CCSSCCC(=O)O. The number of carbonyl (C=O) groups excluding carboxylic acids is 1. The molecule has 0 aliphatic carbocycles. The highest BCUT2D eigenvalue weighted by Crippen LogP contribution is 2.22. The number of aryl methyl sites for hydroxylation is 1. The van der Waals surface area contributed by atoms with Gasteiger partial charge in [-0.1, -0.05) is 21.6 Å². The summed E-state index contributed by atoms with van der Waals surface area (Å²) in [6.07, 6.45) is 2.20. The minimum atomic E-state index is -0.793. The quantitative estimate of drug-likeness (QED) is 0.537. The summed E-state index contributed by atoms with van der Waals surface area (Å²) in [7, 11) is 2.99. The van der Waals surface area contributed by atoms with Crippen LogP contribution in [0.2, 0.25) is 0 Å². The molecule has 0 bridgehead atoms. The molecule has 0 saturated carbocycles. The number of carbonyl (C=O) groups is 2. The van der Waals surface area contributed by atoms with Crippen molar-refractivity contribution in [2.45, 2.75) is 26.3 Å². The molecule has 0 radical (unpaired) electrons. The molecule has 8 heteroatoms. The Labute approximate surface area is 119 Å². The van der Waals surface area contributed by atoms with E-state index < -0.39 is 5.97 Å². The van der Waals surface area contributed by atoms with Crippen LogP contribution in [-0.4, -0.2) is 38.3 Å². The number of rotatable bonds is 9. The molecule has 1 amide bonds. The summed E-state index contributed by atoms with van der Waals surface area (Å²) < 4.78 is 1.71. The second-order valence-corrected chi connectivity index (χ2v) is 6.32. The monoisotopic (exact) mass is 303 g/mol. The lowest BCUT2D eigenvalue weighted by atomic mass is 10.4. The van der Waals surface area contributed by atoms with Crippen LogP contribution in [0.1, 0.15) is 19.8 Å². The van der Waals surface area contributed by atoms with Crippen LogP contribution in [0, 0.1) is 0 Å². The molecule has 0 aromatic carbocycles. The average molecular weight is 303 g/mol. The van der Waals surface area contributed by atoms with Gasteiger partial charge >= 0.3 is 5.97 Å². The van der Waals surface area contributed by atoms with Gasteiger partial charge in [-0.05, 0) is 6.92 Å². The zero-order chi connectivity index (χ0) is 14.1. The zero-order valence-corrected chi connectivity index (χ0v) is 12.3. The van der Waals surface area contributed by atoms with E-state index in [1.807, 2.05) is 6.92 Å². The molecule has 0 aliphatic rings. The van der Waals surface area contributed by atoms with E-state index in [-0.39, 0.29) is 12.3 Å². The molecule has 0 fully saturated rings. The molecule has 1 rings (SSSR count). The van der Waals surface area contributed by atoms with Gasteiger partial charge in [0.05, 0.1) is 12.6 Å². The minimum absolute atomic E-state index is 0.0541. The Bertz CT molecular complexity index is 423. The summed E-state index contributed by atoms with van der Waals surface area (Å²) in [5, 5.41) is 15.3. The number of carboxylic acid groups (broad SMARTS) is 1. The first-order valence-corrected chi connectivity index (χ1v) is 8.40. The fraction of sp³-hybridized carbons (Fsp3) is 0.545. The van der Waals surface area contributed by atoms with Gasteiger partial charge < -0.3 is 10.4 Å². The second kappa shape index (κ2) is 8.87. The molecule has 0 unspecified atom stereocenters. The number of carboxylic acids is 1. The lowest BCUT2D eigenvalue weighted by Crippen LogP contribution is -2.15.